The summed E-state index contributed by atoms with van der Waals surface area (Å²) in [4.78, 5) is 16.6. The average Bonchev–Trinajstić information content (AvgIpc) is 2.68. The average molecular weight is 336 g/mol. The van der Waals surface area contributed by atoms with Crippen molar-refractivity contribution in [2.75, 3.05) is 38.0 Å². The predicted molar refractivity (Wildman–Crippen MR) is 94.5 cm³/mol. The lowest BCUT2D eigenvalue weighted by Crippen LogP contribution is -2.48. The molecule has 0 saturated carbocycles. The second kappa shape index (κ2) is 7.73. The number of nitrogens with one attached hydrogen (secondary N) is 1. The van der Waals surface area contributed by atoms with E-state index in [0.29, 0.717) is 35.9 Å². The van der Waals surface area contributed by atoms with E-state index in [4.69, 9.17) is 5.26 Å². The molecule has 1 aliphatic heterocycles. The van der Waals surface area contributed by atoms with E-state index in [9.17, 15) is 4.79 Å². The number of nitrogens with zero attached hydrogens (tertiary/aromatic N) is 5. The number of carbonyl (C=O) groups excluding carboxylic acids is 1. The lowest BCUT2D eigenvalue weighted by molar-refractivity contribution is 0.0636. The number of hydrogen-bond donors (Lipinski definition) is 1. The molecular formula is C18H20N6O. The van der Waals surface area contributed by atoms with Crippen molar-refractivity contribution in [2.45, 2.75) is 6.92 Å². The maximum atomic E-state index is 12.5. The van der Waals surface area contributed by atoms with Gasteiger partial charge in [-0.25, -0.2) is 0 Å². The van der Waals surface area contributed by atoms with E-state index in [1.807, 2.05) is 11.0 Å². The number of piperazine rings is 1. The van der Waals surface area contributed by atoms with Crippen molar-refractivity contribution >= 4 is 17.4 Å². The molecule has 2 heterocycles. The third-order valence-electron chi connectivity index (χ3n) is 4.30. The van der Waals surface area contributed by atoms with Crippen molar-refractivity contribution in [3.8, 4) is 6.07 Å². The smallest absolute Gasteiger partial charge is 0.274 e. The van der Waals surface area contributed by atoms with E-state index in [-0.39, 0.29) is 5.91 Å². The van der Waals surface area contributed by atoms with Gasteiger partial charge in [-0.3, -0.25) is 4.79 Å². The molecule has 2 aromatic rings. The minimum atomic E-state index is -0.0905. The largest absolute Gasteiger partial charge is 0.338 e. The van der Waals surface area contributed by atoms with Crippen LogP contribution in [0.1, 0.15) is 23.0 Å². The molecule has 1 aromatic heterocycles. The first-order valence-corrected chi connectivity index (χ1v) is 8.32. The molecular weight excluding hydrogens is 316 g/mol. The molecule has 0 radical (unpaired) electrons. The van der Waals surface area contributed by atoms with E-state index in [0.717, 1.165) is 19.6 Å². The third kappa shape index (κ3) is 3.92. The van der Waals surface area contributed by atoms with Crippen LogP contribution < -0.4 is 5.32 Å². The van der Waals surface area contributed by atoms with Crippen LogP contribution in [-0.2, 0) is 0 Å². The van der Waals surface area contributed by atoms with Gasteiger partial charge in [0.2, 0.25) is 0 Å². The fourth-order valence-electron chi connectivity index (χ4n) is 2.77. The minimum absolute atomic E-state index is 0.0905. The Morgan fingerprint density at radius 3 is 2.56 bits per heavy atom. The highest BCUT2D eigenvalue weighted by Crippen LogP contribution is 2.18. The molecule has 0 unspecified atom stereocenters. The zero-order chi connectivity index (χ0) is 17.6. The van der Waals surface area contributed by atoms with Gasteiger partial charge in [-0.1, -0.05) is 19.1 Å². The maximum Gasteiger partial charge on any atom is 0.274 e. The zero-order valence-corrected chi connectivity index (χ0v) is 14.1. The highest BCUT2D eigenvalue weighted by Gasteiger charge is 2.22. The second-order valence-electron chi connectivity index (χ2n) is 5.81. The second-order valence-corrected chi connectivity index (χ2v) is 5.81. The fourth-order valence-corrected chi connectivity index (χ4v) is 2.77. The molecule has 1 N–H and O–H groups in total. The lowest BCUT2D eigenvalue weighted by Gasteiger charge is -2.33. The van der Waals surface area contributed by atoms with Crippen LogP contribution in [0, 0.1) is 11.3 Å². The summed E-state index contributed by atoms with van der Waals surface area (Å²) in [5, 5.41) is 20.3. The van der Waals surface area contributed by atoms with Crippen LogP contribution in [0.4, 0.5) is 11.5 Å². The highest BCUT2D eigenvalue weighted by molar-refractivity contribution is 5.92. The van der Waals surface area contributed by atoms with Gasteiger partial charge in [0.15, 0.2) is 11.5 Å². The van der Waals surface area contributed by atoms with Crippen LogP contribution in [0.25, 0.3) is 0 Å². The quantitative estimate of drug-likeness (QED) is 0.917. The number of benzene rings is 1. The molecule has 0 atom stereocenters. The number of likely N-dealkylation sites (N-methyl/N-ethyl adjacent to an activating group) is 1. The molecule has 3 rings (SSSR count). The number of para-hydroxylation sites is 1. The normalized spacial score (nSPS) is 14.8. The summed E-state index contributed by atoms with van der Waals surface area (Å²) >= 11 is 0. The first-order chi connectivity index (χ1) is 12.2. The standard InChI is InChI=1S/C18H20N6O/c1-2-23-9-11-24(12-10-23)18(25)16-7-8-17(22-21-16)20-15-6-4-3-5-14(15)13-19/h3-8H,2,9-12H2,1H3,(H,20,22). The van der Waals surface area contributed by atoms with Gasteiger partial charge in [-0.15, -0.1) is 10.2 Å². The molecule has 0 bridgehead atoms. The van der Waals surface area contributed by atoms with Crippen LogP contribution in [0.2, 0.25) is 0 Å². The summed E-state index contributed by atoms with van der Waals surface area (Å²) < 4.78 is 0. The van der Waals surface area contributed by atoms with Crippen LogP contribution in [0.3, 0.4) is 0 Å². The number of nitriles is 1. The maximum absolute atomic E-state index is 12.5. The molecule has 1 fully saturated rings. The Morgan fingerprint density at radius 2 is 1.92 bits per heavy atom. The van der Waals surface area contributed by atoms with Crippen molar-refractivity contribution < 1.29 is 4.79 Å². The van der Waals surface area contributed by atoms with Gasteiger partial charge in [-0.2, -0.15) is 5.26 Å². The Balaban J connectivity index is 1.66. The monoisotopic (exact) mass is 336 g/mol. The molecule has 1 aliphatic rings. The summed E-state index contributed by atoms with van der Waals surface area (Å²) in [7, 11) is 0. The summed E-state index contributed by atoms with van der Waals surface area (Å²) in [6.45, 7) is 6.33. The lowest BCUT2D eigenvalue weighted by atomic mass is 10.2. The van der Waals surface area contributed by atoms with Crippen molar-refractivity contribution in [2.24, 2.45) is 0 Å². The molecule has 0 spiro atoms. The van der Waals surface area contributed by atoms with Crippen LogP contribution in [0.15, 0.2) is 36.4 Å². The minimum Gasteiger partial charge on any atom is -0.338 e. The fraction of sp³-hybridized carbons (Fsp3) is 0.333. The van der Waals surface area contributed by atoms with Crippen molar-refractivity contribution in [3.05, 3.63) is 47.7 Å². The zero-order valence-electron chi connectivity index (χ0n) is 14.1. The van der Waals surface area contributed by atoms with Crippen LogP contribution in [0.5, 0.6) is 0 Å². The SMILES string of the molecule is CCN1CCN(C(=O)c2ccc(Nc3ccccc3C#N)nn2)CC1. The molecule has 0 aliphatic carbocycles. The number of anilines is 2. The Kier molecular flexibility index (Phi) is 5.21. The van der Waals surface area contributed by atoms with Crippen LogP contribution in [-0.4, -0.2) is 58.6 Å². The predicted octanol–water partition coefficient (Wildman–Crippen LogP) is 1.87. The van der Waals surface area contributed by atoms with Gasteiger partial charge in [0.05, 0.1) is 11.3 Å². The molecule has 25 heavy (non-hydrogen) atoms. The van der Waals surface area contributed by atoms with Crippen molar-refractivity contribution in [1.82, 2.24) is 20.0 Å². The Hall–Kier alpha value is -2.98. The summed E-state index contributed by atoms with van der Waals surface area (Å²) in [6, 6.07) is 12.7. The van der Waals surface area contributed by atoms with E-state index < -0.39 is 0 Å². The first-order valence-electron chi connectivity index (χ1n) is 8.32. The molecule has 128 valence electrons. The van der Waals surface area contributed by atoms with Crippen molar-refractivity contribution in [1.29, 1.82) is 5.26 Å². The number of hydrogen-bond acceptors (Lipinski definition) is 6. The molecule has 1 amide bonds. The van der Waals surface area contributed by atoms with E-state index >= 15 is 0 Å². The summed E-state index contributed by atoms with van der Waals surface area (Å²) in [6.07, 6.45) is 0. The van der Waals surface area contributed by atoms with Crippen molar-refractivity contribution in [3.63, 3.8) is 0 Å². The number of rotatable bonds is 4. The number of carbonyl (C=O) groups is 1. The van der Waals surface area contributed by atoms with Gasteiger partial charge in [0.1, 0.15) is 6.07 Å². The van der Waals surface area contributed by atoms with Gasteiger partial charge >= 0.3 is 0 Å². The van der Waals surface area contributed by atoms with Gasteiger partial charge in [0, 0.05) is 26.2 Å². The van der Waals surface area contributed by atoms with Crippen LogP contribution >= 0.6 is 0 Å². The van der Waals surface area contributed by atoms with Gasteiger partial charge < -0.3 is 15.1 Å². The topological polar surface area (TPSA) is 85.1 Å². The van der Waals surface area contributed by atoms with Gasteiger partial charge in [0.25, 0.3) is 5.91 Å². The number of aromatic nitrogens is 2. The Bertz CT molecular complexity index is 775. The first kappa shape index (κ1) is 16.9. The molecule has 7 heteroatoms. The summed E-state index contributed by atoms with van der Waals surface area (Å²) in [5.74, 6) is 0.405. The Labute approximate surface area is 146 Å². The molecule has 1 aromatic carbocycles. The highest BCUT2D eigenvalue weighted by atomic mass is 16.2. The van der Waals surface area contributed by atoms with E-state index in [1.165, 1.54) is 0 Å². The van der Waals surface area contributed by atoms with E-state index in [1.54, 1.807) is 30.3 Å². The molecule has 1 saturated heterocycles. The number of amides is 1. The Morgan fingerprint density at radius 1 is 1.16 bits per heavy atom. The summed E-state index contributed by atoms with van der Waals surface area (Å²) in [5.41, 5.74) is 1.52. The van der Waals surface area contributed by atoms with E-state index in [2.05, 4.69) is 33.4 Å². The third-order valence-corrected chi connectivity index (χ3v) is 4.30. The van der Waals surface area contributed by atoms with Gasteiger partial charge in [-0.05, 0) is 30.8 Å². The molecule has 7 nitrogen and oxygen atoms in total.